The van der Waals surface area contributed by atoms with Crippen LogP contribution in [0.2, 0.25) is 0 Å². The SMILES string of the molecule is CCNc1nc(C)nc(NCCOCCC(C)C)c1C. The molecule has 0 aliphatic heterocycles. The highest BCUT2D eigenvalue weighted by molar-refractivity contribution is 5.57. The fourth-order valence-electron chi connectivity index (χ4n) is 1.80. The molecule has 0 radical (unpaired) electrons. The molecule has 5 nitrogen and oxygen atoms in total. The van der Waals surface area contributed by atoms with Gasteiger partial charge in [0.25, 0.3) is 0 Å². The zero-order valence-corrected chi connectivity index (χ0v) is 13.4. The lowest BCUT2D eigenvalue weighted by Gasteiger charge is -2.13. The van der Waals surface area contributed by atoms with Crippen molar-refractivity contribution in [1.82, 2.24) is 9.97 Å². The molecule has 0 saturated carbocycles. The number of aryl methyl sites for hydroxylation is 1. The van der Waals surface area contributed by atoms with Crippen LogP contribution >= 0.6 is 0 Å². The number of ether oxygens (including phenoxy) is 1. The van der Waals surface area contributed by atoms with Crippen molar-refractivity contribution in [2.75, 3.05) is 36.9 Å². The van der Waals surface area contributed by atoms with Gasteiger partial charge in [0.05, 0.1) is 6.61 Å². The molecule has 1 aromatic rings. The van der Waals surface area contributed by atoms with Crippen LogP contribution < -0.4 is 10.6 Å². The first kappa shape index (κ1) is 16.7. The van der Waals surface area contributed by atoms with E-state index in [0.717, 1.165) is 49.1 Å². The summed E-state index contributed by atoms with van der Waals surface area (Å²) < 4.78 is 5.59. The number of hydrogen-bond donors (Lipinski definition) is 2. The highest BCUT2D eigenvalue weighted by Gasteiger charge is 2.07. The van der Waals surface area contributed by atoms with E-state index in [4.69, 9.17) is 4.74 Å². The highest BCUT2D eigenvalue weighted by Crippen LogP contribution is 2.19. The van der Waals surface area contributed by atoms with E-state index in [9.17, 15) is 0 Å². The fraction of sp³-hybridized carbons (Fsp3) is 0.733. The summed E-state index contributed by atoms with van der Waals surface area (Å²) in [6.45, 7) is 13.6. The van der Waals surface area contributed by atoms with Crippen molar-refractivity contribution in [2.24, 2.45) is 5.92 Å². The number of nitrogens with one attached hydrogen (secondary N) is 2. The Kier molecular flexibility index (Phi) is 7.30. The third-order valence-electron chi connectivity index (χ3n) is 2.98. The minimum Gasteiger partial charge on any atom is -0.380 e. The molecule has 0 amide bonds. The van der Waals surface area contributed by atoms with Gasteiger partial charge in [0.2, 0.25) is 0 Å². The molecule has 0 bridgehead atoms. The predicted molar refractivity (Wildman–Crippen MR) is 84.4 cm³/mol. The van der Waals surface area contributed by atoms with Gasteiger partial charge < -0.3 is 15.4 Å². The number of nitrogens with zero attached hydrogens (tertiary/aromatic N) is 2. The second kappa shape index (κ2) is 8.74. The standard InChI is InChI=1S/C15H28N4O/c1-6-16-14-12(4)15(19-13(5)18-14)17-8-10-20-9-7-11(2)3/h11H,6-10H2,1-5H3,(H2,16,17,18,19). The van der Waals surface area contributed by atoms with Crippen LogP contribution in [0.1, 0.15) is 38.6 Å². The van der Waals surface area contributed by atoms with Crippen LogP contribution in [0.15, 0.2) is 0 Å². The predicted octanol–water partition coefficient (Wildman–Crippen LogP) is 3.00. The molecule has 5 heteroatoms. The Morgan fingerprint density at radius 3 is 2.30 bits per heavy atom. The first-order chi connectivity index (χ1) is 9.54. The summed E-state index contributed by atoms with van der Waals surface area (Å²) >= 11 is 0. The fourth-order valence-corrected chi connectivity index (χ4v) is 1.80. The summed E-state index contributed by atoms with van der Waals surface area (Å²) in [5, 5.41) is 6.58. The van der Waals surface area contributed by atoms with Crippen molar-refractivity contribution < 1.29 is 4.74 Å². The van der Waals surface area contributed by atoms with Gasteiger partial charge >= 0.3 is 0 Å². The molecule has 0 unspecified atom stereocenters. The van der Waals surface area contributed by atoms with Gasteiger partial charge in [0.1, 0.15) is 17.5 Å². The van der Waals surface area contributed by atoms with Gasteiger partial charge in [-0.2, -0.15) is 0 Å². The molecule has 0 atom stereocenters. The molecule has 1 heterocycles. The summed E-state index contributed by atoms with van der Waals surface area (Å²) in [6, 6.07) is 0. The maximum Gasteiger partial charge on any atom is 0.134 e. The molecule has 0 saturated heterocycles. The normalized spacial score (nSPS) is 10.9. The average Bonchev–Trinajstić information content (AvgIpc) is 2.38. The van der Waals surface area contributed by atoms with Crippen LogP contribution in [-0.2, 0) is 4.74 Å². The quantitative estimate of drug-likeness (QED) is 0.681. The summed E-state index contributed by atoms with van der Waals surface area (Å²) in [5.41, 5.74) is 1.06. The van der Waals surface area contributed by atoms with E-state index in [0.29, 0.717) is 12.5 Å². The van der Waals surface area contributed by atoms with Crippen molar-refractivity contribution in [3.63, 3.8) is 0 Å². The molecule has 0 aliphatic carbocycles. The Morgan fingerprint density at radius 1 is 1.05 bits per heavy atom. The lowest BCUT2D eigenvalue weighted by atomic mass is 10.1. The summed E-state index contributed by atoms with van der Waals surface area (Å²) in [5.74, 6) is 3.26. The molecule has 1 rings (SSSR count). The summed E-state index contributed by atoms with van der Waals surface area (Å²) in [6.07, 6.45) is 1.11. The Balaban J connectivity index is 2.43. The van der Waals surface area contributed by atoms with E-state index < -0.39 is 0 Å². The maximum atomic E-state index is 5.59. The van der Waals surface area contributed by atoms with Crippen LogP contribution in [0.5, 0.6) is 0 Å². The molecule has 2 N–H and O–H groups in total. The first-order valence-electron chi connectivity index (χ1n) is 7.45. The second-order valence-electron chi connectivity index (χ2n) is 5.35. The molecule has 20 heavy (non-hydrogen) atoms. The lowest BCUT2D eigenvalue weighted by Crippen LogP contribution is -2.14. The Hall–Kier alpha value is -1.36. The van der Waals surface area contributed by atoms with E-state index in [-0.39, 0.29) is 0 Å². The average molecular weight is 280 g/mol. The Morgan fingerprint density at radius 2 is 1.70 bits per heavy atom. The summed E-state index contributed by atoms with van der Waals surface area (Å²) in [4.78, 5) is 8.85. The molecular weight excluding hydrogens is 252 g/mol. The molecule has 1 aromatic heterocycles. The molecule has 0 aliphatic rings. The summed E-state index contributed by atoms with van der Waals surface area (Å²) in [7, 11) is 0. The molecule has 0 aromatic carbocycles. The van der Waals surface area contributed by atoms with Crippen molar-refractivity contribution in [2.45, 2.75) is 41.0 Å². The smallest absolute Gasteiger partial charge is 0.134 e. The van der Waals surface area contributed by atoms with Crippen LogP contribution in [0.4, 0.5) is 11.6 Å². The van der Waals surface area contributed by atoms with Gasteiger partial charge in [-0.25, -0.2) is 9.97 Å². The molecule has 0 fully saturated rings. The van der Waals surface area contributed by atoms with Crippen molar-refractivity contribution in [3.8, 4) is 0 Å². The number of aromatic nitrogens is 2. The third-order valence-corrected chi connectivity index (χ3v) is 2.98. The van der Waals surface area contributed by atoms with Gasteiger partial charge in [0, 0.05) is 25.3 Å². The topological polar surface area (TPSA) is 59.1 Å². The largest absolute Gasteiger partial charge is 0.380 e. The van der Waals surface area contributed by atoms with Crippen LogP contribution in [0.25, 0.3) is 0 Å². The van der Waals surface area contributed by atoms with Gasteiger partial charge in [-0.3, -0.25) is 0 Å². The zero-order chi connectivity index (χ0) is 15.0. The van der Waals surface area contributed by atoms with Crippen LogP contribution in [-0.4, -0.2) is 36.3 Å². The minimum absolute atomic E-state index is 0.692. The lowest BCUT2D eigenvalue weighted by molar-refractivity contribution is 0.132. The number of hydrogen-bond acceptors (Lipinski definition) is 5. The molecule has 0 spiro atoms. The maximum absolute atomic E-state index is 5.59. The number of anilines is 2. The van der Waals surface area contributed by atoms with Crippen molar-refractivity contribution >= 4 is 11.6 Å². The molecular formula is C15H28N4O. The Labute approximate surface area is 122 Å². The van der Waals surface area contributed by atoms with Crippen molar-refractivity contribution in [1.29, 1.82) is 0 Å². The monoisotopic (exact) mass is 280 g/mol. The van der Waals surface area contributed by atoms with E-state index in [2.05, 4.69) is 41.4 Å². The second-order valence-corrected chi connectivity index (χ2v) is 5.35. The Bertz CT molecular complexity index is 407. The van der Waals surface area contributed by atoms with Gasteiger partial charge in [-0.05, 0) is 33.1 Å². The van der Waals surface area contributed by atoms with Gasteiger partial charge in [-0.1, -0.05) is 13.8 Å². The minimum atomic E-state index is 0.692. The highest BCUT2D eigenvalue weighted by atomic mass is 16.5. The van der Waals surface area contributed by atoms with Crippen molar-refractivity contribution in [3.05, 3.63) is 11.4 Å². The first-order valence-corrected chi connectivity index (χ1v) is 7.45. The van der Waals surface area contributed by atoms with E-state index in [1.165, 1.54) is 0 Å². The van der Waals surface area contributed by atoms with Gasteiger partial charge in [-0.15, -0.1) is 0 Å². The van der Waals surface area contributed by atoms with E-state index >= 15 is 0 Å². The van der Waals surface area contributed by atoms with Crippen LogP contribution in [0, 0.1) is 19.8 Å². The zero-order valence-electron chi connectivity index (χ0n) is 13.4. The third kappa shape index (κ3) is 5.74. The van der Waals surface area contributed by atoms with E-state index in [1.807, 2.05) is 13.8 Å². The van der Waals surface area contributed by atoms with Crippen LogP contribution in [0.3, 0.4) is 0 Å². The number of rotatable bonds is 9. The molecule has 114 valence electrons. The van der Waals surface area contributed by atoms with Gasteiger partial charge in [0.15, 0.2) is 0 Å². The van der Waals surface area contributed by atoms with E-state index in [1.54, 1.807) is 0 Å².